The second-order valence-corrected chi connectivity index (χ2v) is 4.74. The number of hydrogen-bond donors (Lipinski definition) is 1. The van der Waals surface area contributed by atoms with Crippen molar-refractivity contribution in [2.24, 2.45) is 10.7 Å². The lowest BCUT2D eigenvalue weighted by molar-refractivity contribution is 0.242. The number of hydrogen-bond acceptors (Lipinski definition) is 4. The Balaban J connectivity index is 2.10. The van der Waals surface area contributed by atoms with Gasteiger partial charge in [0, 0.05) is 6.54 Å². The molecule has 0 spiro atoms. The van der Waals surface area contributed by atoms with Crippen molar-refractivity contribution >= 4 is 5.96 Å². The van der Waals surface area contributed by atoms with Crippen LogP contribution in [0.15, 0.2) is 29.3 Å². The zero-order valence-electron chi connectivity index (χ0n) is 11.3. The van der Waals surface area contributed by atoms with Gasteiger partial charge in [-0.05, 0) is 38.5 Å². The molecule has 18 heavy (non-hydrogen) atoms. The minimum atomic E-state index is 0.202. The number of benzene rings is 1. The average Bonchev–Trinajstić information content (AvgIpc) is 2.70. The van der Waals surface area contributed by atoms with E-state index >= 15 is 0 Å². The number of nitrogens with zero attached hydrogens (tertiary/aromatic N) is 2. The maximum Gasteiger partial charge on any atom is 0.191 e. The van der Waals surface area contributed by atoms with Crippen molar-refractivity contribution in [1.82, 2.24) is 4.90 Å². The van der Waals surface area contributed by atoms with Gasteiger partial charge in [0.2, 0.25) is 0 Å². The van der Waals surface area contributed by atoms with E-state index in [4.69, 9.17) is 10.5 Å². The molecule has 2 N–H and O–H groups in total. The summed E-state index contributed by atoms with van der Waals surface area (Å²) in [6.07, 6.45) is 0.202. The lowest BCUT2D eigenvalue weighted by atomic mass is 10.1. The van der Waals surface area contributed by atoms with Crippen molar-refractivity contribution in [2.45, 2.75) is 32.9 Å². The third-order valence-electron chi connectivity index (χ3n) is 3.07. The van der Waals surface area contributed by atoms with E-state index < -0.39 is 0 Å². The molecule has 98 valence electrons. The standard InChI is InChI=1S/C14H21N3O/c1-4-17-13(9-16-14(17)15)11-5-7-12(8-6-11)18-10(2)3/h5-8,10,13H,4,9H2,1-3H3,(H2,15,16). The van der Waals surface area contributed by atoms with E-state index in [0.717, 1.165) is 18.8 Å². The van der Waals surface area contributed by atoms with Crippen molar-refractivity contribution in [3.63, 3.8) is 0 Å². The average molecular weight is 247 g/mol. The molecule has 0 bridgehead atoms. The number of nitrogens with two attached hydrogens (primary N) is 1. The van der Waals surface area contributed by atoms with Gasteiger partial charge in [-0.2, -0.15) is 0 Å². The van der Waals surface area contributed by atoms with Gasteiger partial charge in [0.05, 0.1) is 18.7 Å². The maximum atomic E-state index is 5.86. The molecule has 0 fully saturated rings. The highest BCUT2D eigenvalue weighted by Crippen LogP contribution is 2.26. The molecule has 1 heterocycles. The Morgan fingerprint density at radius 2 is 2.06 bits per heavy atom. The number of ether oxygens (including phenoxy) is 1. The molecular formula is C14H21N3O. The lowest BCUT2D eigenvalue weighted by Gasteiger charge is -2.25. The third-order valence-corrected chi connectivity index (χ3v) is 3.07. The summed E-state index contributed by atoms with van der Waals surface area (Å²) in [6, 6.07) is 8.48. The summed E-state index contributed by atoms with van der Waals surface area (Å²) >= 11 is 0. The Hall–Kier alpha value is -1.71. The lowest BCUT2D eigenvalue weighted by Crippen LogP contribution is -2.35. The van der Waals surface area contributed by atoms with Crippen molar-refractivity contribution < 1.29 is 4.74 Å². The fourth-order valence-corrected chi connectivity index (χ4v) is 2.24. The monoisotopic (exact) mass is 247 g/mol. The summed E-state index contributed by atoms with van der Waals surface area (Å²) in [4.78, 5) is 6.43. The van der Waals surface area contributed by atoms with Crippen molar-refractivity contribution in [3.05, 3.63) is 29.8 Å². The van der Waals surface area contributed by atoms with Gasteiger partial charge < -0.3 is 15.4 Å². The number of rotatable bonds is 4. The van der Waals surface area contributed by atoms with Crippen molar-refractivity contribution in [1.29, 1.82) is 0 Å². The van der Waals surface area contributed by atoms with Crippen LogP contribution in [0.25, 0.3) is 0 Å². The van der Waals surface area contributed by atoms with E-state index in [1.54, 1.807) is 0 Å². The van der Waals surface area contributed by atoms with E-state index in [1.165, 1.54) is 5.56 Å². The predicted molar refractivity (Wildman–Crippen MR) is 73.8 cm³/mol. The molecule has 1 aliphatic heterocycles. The van der Waals surface area contributed by atoms with Gasteiger partial charge in [0.25, 0.3) is 0 Å². The number of likely N-dealkylation sites (N-methyl/N-ethyl adjacent to an activating group) is 1. The first-order chi connectivity index (χ1) is 8.61. The van der Waals surface area contributed by atoms with Crippen molar-refractivity contribution in [3.8, 4) is 5.75 Å². The van der Waals surface area contributed by atoms with Crippen LogP contribution in [0.5, 0.6) is 5.75 Å². The Kier molecular flexibility index (Phi) is 3.75. The van der Waals surface area contributed by atoms with Crippen LogP contribution in [0, 0.1) is 0 Å². The molecule has 2 rings (SSSR count). The summed E-state index contributed by atoms with van der Waals surface area (Å²) in [6.45, 7) is 7.77. The zero-order chi connectivity index (χ0) is 13.1. The summed E-state index contributed by atoms with van der Waals surface area (Å²) < 4.78 is 5.64. The van der Waals surface area contributed by atoms with Gasteiger partial charge in [0.1, 0.15) is 5.75 Å². The van der Waals surface area contributed by atoms with Crippen LogP contribution in [-0.2, 0) is 0 Å². The summed E-state index contributed by atoms with van der Waals surface area (Å²) in [5.74, 6) is 1.55. The van der Waals surface area contributed by atoms with Crippen LogP contribution in [0.4, 0.5) is 0 Å². The quantitative estimate of drug-likeness (QED) is 0.887. The third kappa shape index (κ3) is 2.58. The minimum absolute atomic E-state index is 0.202. The van der Waals surface area contributed by atoms with Crippen LogP contribution in [-0.4, -0.2) is 30.1 Å². The molecule has 0 radical (unpaired) electrons. The van der Waals surface area contributed by atoms with Gasteiger partial charge in [-0.15, -0.1) is 0 Å². The summed E-state index contributed by atoms with van der Waals surface area (Å²) in [7, 11) is 0. The van der Waals surface area contributed by atoms with Crippen molar-refractivity contribution in [2.75, 3.05) is 13.1 Å². The number of aliphatic imine (C=N–C) groups is 1. The first-order valence-electron chi connectivity index (χ1n) is 6.45. The van der Waals surface area contributed by atoms with Crippen LogP contribution in [0.2, 0.25) is 0 Å². The van der Waals surface area contributed by atoms with Crippen LogP contribution in [0.1, 0.15) is 32.4 Å². The molecule has 0 saturated heterocycles. The fourth-order valence-electron chi connectivity index (χ4n) is 2.24. The van der Waals surface area contributed by atoms with Gasteiger partial charge in [0.15, 0.2) is 5.96 Å². The molecular weight excluding hydrogens is 226 g/mol. The predicted octanol–water partition coefficient (Wildman–Crippen LogP) is 2.17. The fraction of sp³-hybridized carbons (Fsp3) is 0.500. The van der Waals surface area contributed by atoms with E-state index in [0.29, 0.717) is 5.96 Å². The highest BCUT2D eigenvalue weighted by Gasteiger charge is 2.25. The highest BCUT2D eigenvalue weighted by molar-refractivity contribution is 5.80. The first-order valence-corrected chi connectivity index (χ1v) is 6.45. The highest BCUT2D eigenvalue weighted by atomic mass is 16.5. The van der Waals surface area contributed by atoms with E-state index in [1.807, 2.05) is 26.0 Å². The molecule has 4 nitrogen and oxygen atoms in total. The maximum absolute atomic E-state index is 5.86. The number of guanidine groups is 1. The van der Waals surface area contributed by atoms with E-state index in [9.17, 15) is 0 Å². The second kappa shape index (κ2) is 5.29. The molecule has 1 aromatic carbocycles. The normalized spacial score (nSPS) is 19.2. The summed E-state index contributed by atoms with van der Waals surface area (Å²) in [5, 5.41) is 0. The van der Waals surface area contributed by atoms with Gasteiger partial charge in [-0.3, -0.25) is 4.99 Å². The molecule has 1 aliphatic rings. The zero-order valence-corrected chi connectivity index (χ0v) is 11.3. The minimum Gasteiger partial charge on any atom is -0.491 e. The molecule has 1 unspecified atom stereocenters. The Bertz CT molecular complexity index is 425. The largest absolute Gasteiger partial charge is 0.491 e. The van der Waals surface area contributed by atoms with Gasteiger partial charge >= 0.3 is 0 Å². The SMILES string of the molecule is CCN1C(N)=NCC1c1ccc(OC(C)C)cc1. The van der Waals surface area contributed by atoms with E-state index in [-0.39, 0.29) is 12.1 Å². The Morgan fingerprint density at radius 1 is 1.39 bits per heavy atom. The molecule has 1 aromatic rings. The first kappa shape index (κ1) is 12.7. The molecule has 0 aromatic heterocycles. The van der Waals surface area contributed by atoms with Crippen LogP contribution < -0.4 is 10.5 Å². The second-order valence-electron chi connectivity index (χ2n) is 4.74. The Labute approximate surface area is 108 Å². The van der Waals surface area contributed by atoms with Gasteiger partial charge in [-0.25, -0.2) is 0 Å². The molecule has 1 atom stereocenters. The smallest absolute Gasteiger partial charge is 0.191 e. The summed E-state index contributed by atoms with van der Waals surface area (Å²) in [5.41, 5.74) is 7.10. The van der Waals surface area contributed by atoms with Gasteiger partial charge in [-0.1, -0.05) is 12.1 Å². The molecule has 4 heteroatoms. The van der Waals surface area contributed by atoms with Crippen LogP contribution in [0.3, 0.4) is 0 Å². The van der Waals surface area contributed by atoms with E-state index in [2.05, 4.69) is 28.9 Å². The molecule has 0 amide bonds. The molecule has 0 saturated carbocycles. The van der Waals surface area contributed by atoms with Crippen LogP contribution >= 0.6 is 0 Å². The topological polar surface area (TPSA) is 50.8 Å². The molecule has 0 aliphatic carbocycles. The Morgan fingerprint density at radius 3 is 2.61 bits per heavy atom.